The lowest BCUT2D eigenvalue weighted by molar-refractivity contribution is 0.394. The summed E-state index contributed by atoms with van der Waals surface area (Å²) in [6, 6.07) is 104. The van der Waals surface area contributed by atoms with E-state index in [4.69, 9.17) is 18.9 Å². The van der Waals surface area contributed by atoms with Crippen molar-refractivity contribution in [2.75, 3.05) is 28.4 Å². The third-order valence-electron chi connectivity index (χ3n) is 20.4. The van der Waals surface area contributed by atoms with Gasteiger partial charge >= 0.3 is 0 Å². The van der Waals surface area contributed by atoms with E-state index in [1.807, 2.05) is 12.1 Å². The Morgan fingerprint density at radius 2 is 0.415 bits per heavy atom. The van der Waals surface area contributed by atoms with Crippen molar-refractivity contribution in [3.63, 3.8) is 0 Å². The fourth-order valence-corrected chi connectivity index (χ4v) is 16.7. The van der Waals surface area contributed by atoms with Gasteiger partial charge in [-0.15, -0.1) is 0 Å². The smallest absolute Gasteiger partial charge is 0.123 e. The van der Waals surface area contributed by atoms with Crippen LogP contribution in [0.15, 0.2) is 279 Å². The summed E-state index contributed by atoms with van der Waals surface area (Å²) in [6.45, 7) is 0. The molecule has 0 fully saturated rings. The number of methoxy groups -OCH3 is 4. The highest BCUT2D eigenvalue weighted by Gasteiger charge is 2.39. The average Bonchev–Trinajstić information content (AvgIpc) is 1.47. The van der Waals surface area contributed by atoms with Gasteiger partial charge in [0.15, 0.2) is 0 Å². The van der Waals surface area contributed by atoms with Crippen molar-refractivity contribution in [1.82, 2.24) is 0 Å². The zero-order valence-corrected chi connectivity index (χ0v) is 52.2. The molecule has 0 heterocycles. The monoisotopic (exact) mass is 1200 g/mol. The molecule has 0 spiro atoms. The van der Waals surface area contributed by atoms with Crippen molar-refractivity contribution in [3.8, 4) is 134 Å². The molecule has 17 aromatic rings. The van der Waals surface area contributed by atoms with Gasteiger partial charge in [0.2, 0.25) is 0 Å². The number of benzene rings is 17. The number of hydrogen-bond donors (Lipinski definition) is 0. The predicted molar refractivity (Wildman–Crippen MR) is 394 cm³/mol. The molecular formula is C90H58O4. The van der Waals surface area contributed by atoms with Crippen molar-refractivity contribution in [3.05, 3.63) is 279 Å². The van der Waals surface area contributed by atoms with Crippen LogP contribution in [0.25, 0.3) is 197 Å². The highest BCUT2D eigenvalue weighted by Crippen LogP contribution is 2.66. The van der Waals surface area contributed by atoms with E-state index in [0.29, 0.717) is 23.0 Å². The lowest BCUT2D eigenvalue weighted by atomic mass is 9.76. The first-order valence-electron chi connectivity index (χ1n) is 32.2. The summed E-state index contributed by atoms with van der Waals surface area (Å²) in [6.07, 6.45) is 0. The molecule has 0 unspecified atom stereocenters. The molecule has 2 aliphatic carbocycles. The highest BCUT2D eigenvalue weighted by atomic mass is 16.5. The molecule has 94 heavy (non-hydrogen) atoms. The van der Waals surface area contributed by atoms with E-state index in [2.05, 4.69) is 267 Å². The van der Waals surface area contributed by atoms with Gasteiger partial charge in [0.05, 0.1) is 28.4 Å². The third-order valence-corrected chi connectivity index (χ3v) is 20.4. The van der Waals surface area contributed by atoms with Gasteiger partial charge in [-0.3, -0.25) is 0 Å². The number of rotatable bonds is 10. The van der Waals surface area contributed by atoms with Crippen LogP contribution in [0.4, 0.5) is 0 Å². The molecule has 0 atom stereocenters. The zero-order chi connectivity index (χ0) is 62.4. The lowest BCUT2D eigenvalue weighted by Crippen LogP contribution is -1.98. The van der Waals surface area contributed by atoms with Crippen LogP contribution in [-0.2, 0) is 0 Å². The van der Waals surface area contributed by atoms with E-state index in [0.717, 1.165) is 44.2 Å². The van der Waals surface area contributed by atoms with Gasteiger partial charge in [-0.25, -0.2) is 0 Å². The Kier molecular flexibility index (Phi) is 11.9. The Morgan fingerprint density at radius 1 is 0.170 bits per heavy atom. The standard InChI is InChI=1S/C90H58O4/c1-91-57-43-55(44-58(49-57)92-2)79-65-33-17-18-34-66(65)80(56-45-59(93-3)50-60(46-56)94-4)86-72-40-42-74-84-73(41-39-71(83(72)84)85(79)86)87-88(74)90(82-69-37-21-15-31-63(69)78(52-25-9-6-10-26-52)64-32-16-22-38-70(64)82)76-48-54-28-12-11-27-53(54)47-75(76)89(87)81-67-35-19-13-29-61(67)77(51-23-7-5-8-24-51)62-30-14-20-36-68(62)81/h5-50H,1-4H3. The maximum Gasteiger partial charge on any atom is 0.123 e. The number of ether oxygens (including phenoxy) is 4. The summed E-state index contributed by atoms with van der Waals surface area (Å²) in [7, 11) is 6.92. The Morgan fingerprint density at radius 3 is 0.702 bits per heavy atom. The highest BCUT2D eigenvalue weighted by molar-refractivity contribution is 6.39. The van der Waals surface area contributed by atoms with Crippen LogP contribution in [0, 0.1) is 0 Å². The molecule has 4 heteroatoms. The molecular weight excluding hydrogens is 1140 g/mol. The molecule has 2 aliphatic rings. The summed E-state index contributed by atoms with van der Waals surface area (Å²) >= 11 is 0. The maximum absolute atomic E-state index is 6.10. The van der Waals surface area contributed by atoms with Crippen molar-refractivity contribution in [1.29, 1.82) is 0 Å². The summed E-state index contributed by atoms with van der Waals surface area (Å²) in [5.41, 5.74) is 23.5. The van der Waals surface area contributed by atoms with Crippen LogP contribution >= 0.6 is 0 Å². The van der Waals surface area contributed by atoms with Crippen LogP contribution in [0.5, 0.6) is 23.0 Å². The Balaban J connectivity index is 1.04. The number of fused-ring (bicyclic) bond motifs is 13. The van der Waals surface area contributed by atoms with E-state index in [9.17, 15) is 0 Å². The molecule has 442 valence electrons. The van der Waals surface area contributed by atoms with Gasteiger partial charge in [-0.1, -0.05) is 231 Å². The summed E-state index contributed by atoms with van der Waals surface area (Å²) in [5, 5.41) is 19.1. The topological polar surface area (TPSA) is 36.9 Å². The third kappa shape index (κ3) is 7.62. The predicted octanol–water partition coefficient (Wildman–Crippen LogP) is 24.2. The van der Waals surface area contributed by atoms with Gasteiger partial charge in [0, 0.05) is 12.1 Å². The first-order chi connectivity index (χ1) is 46.5. The lowest BCUT2D eigenvalue weighted by Gasteiger charge is -2.26. The van der Waals surface area contributed by atoms with Gasteiger partial charge < -0.3 is 18.9 Å². The van der Waals surface area contributed by atoms with Crippen LogP contribution in [0.2, 0.25) is 0 Å². The largest absolute Gasteiger partial charge is 0.497 e. The molecule has 17 aromatic carbocycles. The molecule has 19 rings (SSSR count). The minimum Gasteiger partial charge on any atom is -0.497 e. The molecule has 0 N–H and O–H groups in total. The van der Waals surface area contributed by atoms with E-state index in [1.165, 1.54) is 153 Å². The van der Waals surface area contributed by atoms with Gasteiger partial charge in [0.25, 0.3) is 0 Å². The average molecular weight is 1200 g/mol. The van der Waals surface area contributed by atoms with Crippen molar-refractivity contribution in [2.45, 2.75) is 0 Å². The minimum absolute atomic E-state index is 0.717. The SMILES string of the molecule is COc1cc(OC)cc(-c2c3c(c(-c4cc(OC)cc(OC)c4)c4ccccc24)-c2ccc4c5c(ccc-3c25)-c2c-4c(-c3c4ccccc4c(-c4ccccc4)c4ccccc34)c3cc4ccccc4cc3c2-c2c3ccccc3c(-c3ccccc3)c3ccccc23)c1. The Hall–Kier alpha value is -12.0. The second-order valence-corrected chi connectivity index (χ2v) is 25.0. The molecule has 0 aromatic heterocycles. The maximum atomic E-state index is 6.10. The first kappa shape index (κ1) is 53.8. The van der Waals surface area contributed by atoms with Gasteiger partial charge in [-0.2, -0.15) is 0 Å². The molecule has 0 bridgehead atoms. The second kappa shape index (κ2) is 20.8. The zero-order valence-electron chi connectivity index (χ0n) is 52.2. The van der Waals surface area contributed by atoms with Crippen molar-refractivity contribution in [2.24, 2.45) is 0 Å². The Labute approximate surface area is 543 Å². The Bertz CT molecular complexity index is 5610. The summed E-state index contributed by atoms with van der Waals surface area (Å²) in [4.78, 5) is 0. The van der Waals surface area contributed by atoms with E-state index >= 15 is 0 Å². The van der Waals surface area contributed by atoms with Crippen LogP contribution < -0.4 is 18.9 Å². The molecule has 0 saturated heterocycles. The van der Waals surface area contributed by atoms with E-state index in [-0.39, 0.29) is 0 Å². The number of hydrogen-bond acceptors (Lipinski definition) is 4. The van der Waals surface area contributed by atoms with Gasteiger partial charge in [-0.05, 0) is 234 Å². The van der Waals surface area contributed by atoms with Crippen LogP contribution in [0.1, 0.15) is 0 Å². The second-order valence-electron chi connectivity index (χ2n) is 25.0. The van der Waals surface area contributed by atoms with Crippen molar-refractivity contribution >= 4 is 86.2 Å². The van der Waals surface area contributed by atoms with E-state index in [1.54, 1.807) is 28.4 Å². The first-order valence-corrected chi connectivity index (χ1v) is 32.2. The fraction of sp³-hybridized carbons (Fsp3) is 0.0444. The molecule has 0 saturated carbocycles. The van der Waals surface area contributed by atoms with Crippen LogP contribution in [-0.4, -0.2) is 28.4 Å². The molecule has 0 aliphatic heterocycles. The fourth-order valence-electron chi connectivity index (χ4n) is 16.7. The molecule has 0 radical (unpaired) electrons. The molecule has 0 amide bonds. The quantitative estimate of drug-likeness (QED) is 0.128. The van der Waals surface area contributed by atoms with E-state index < -0.39 is 0 Å². The van der Waals surface area contributed by atoms with Crippen LogP contribution in [0.3, 0.4) is 0 Å². The molecule has 4 nitrogen and oxygen atoms in total. The minimum atomic E-state index is 0.717. The summed E-state index contributed by atoms with van der Waals surface area (Å²) < 4.78 is 24.4. The summed E-state index contributed by atoms with van der Waals surface area (Å²) in [5.74, 6) is 2.87. The van der Waals surface area contributed by atoms with Crippen molar-refractivity contribution < 1.29 is 18.9 Å². The van der Waals surface area contributed by atoms with Gasteiger partial charge in [0.1, 0.15) is 23.0 Å². The normalized spacial score (nSPS) is 12.0.